The van der Waals surface area contributed by atoms with E-state index in [4.69, 9.17) is 15.6 Å². The van der Waals surface area contributed by atoms with Gasteiger partial charge in [-0.05, 0) is 11.6 Å². The smallest absolute Gasteiger partial charge is 0.307 e. The molecule has 2 unspecified atom stereocenters. The van der Waals surface area contributed by atoms with Crippen LogP contribution in [-0.4, -0.2) is 30.8 Å². The number of hydrogen-bond acceptors (Lipinski definition) is 5. The maximum Gasteiger partial charge on any atom is 0.307 e. The number of nitrogens with two attached hydrogens (primary N) is 1. The lowest BCUT2D eigenvalue weighted by Gasteiger charge is -2.13. The average molecular weight is 279 g/mol. The quantitative estimate of drug-likeness (QED) is 0.786. The monoisotopic (exact) mass is 279 g/mol. The highest BCUT2D eigenvalue weighted by atomic mass is 16.5. The predicted molar refractivity (Wildman–Crippen MR) is 70.5 cm³/mol. The molecule has 20 heavy (non-hydrogen) atoms. The van der Waals surface area contributed by atoms with Gasteiger partial charge < -0.3 is 20.3 Å². The first-order chi connectivity index (χ1) is 9.51. The van der Waals surface area contributed by atoms with Crippen molar-refractivity contribution in [1.82, 2.24) is 0 Å². The van der Waals surface area contributed by atoms with Gasteiger partial charge in [-0.1, -0.05) is 12.1 Å². The first-order valence-corrected chi connectivity index (χ1v) is 6.32. The number of carbonyl (C=O) groups excluding carboxylic acids is 1. The average Bonchev–Trinajstić information content (AvgIpc) is 2.80. The number of carboxylic acid groups (broad SMARTS) is 1. The summed E-state index contributed by atoms with van der Waals surface area (Å²) in [5.41, 5.74) is 7.57. The Balaban J connectivity index is 2.18. The molecule has 1 aliphatic heterocycles. The summed E-state index contributed by atoms with van der Waals surface area (Å²) in [6, 6.07) is 4.90. The van der Waals surface area contributed by atoms with E-state index < -0.39 is 12.0 Å². The normalized spacial score (nSPS) is 18.0. The minimum absolute atomic E-state index is 0.0166. The number of aliphatic carboxylic acids is 1. The molecule has 1 aromatic carbocycles. The highest BCUT2D eigenvalue weighted by molar-refractivity contribution is 5.70. The van der Waals surface area contributed by atoms with Crippen molar-refractivity contribution in [3.05, 3.63) is 29.3 Å². The van der Waals surface area contributed by atoms with Crippen LogP contribution in [0.5, 0.6) is 5.75 Å². The third-order valence-electron chi connectivity index (χ3n) is 3.38. The lowest BCUT2D eigenvalue weighted by molar-refractivity contribution is -0.141. The molecule has 3 N–H and O–H groups in total. The lowest BCUT2D eigenvalue weighted by Crippen LogP contribution is -2.16. The molecular formula is C14H17NO5. The second-order valence-electron chi connectivity index (χ2n) is 4.79. The van der Waals surface area contributed by atoms with E-state index in [-0.39, 0.29) is 24.7 Å². The van der Waals surface area contributed by atoms with Crippen molar-refractivity contribution in [3.8, 4) is 5.75 Å². The second-order valence-corrected chi connectivity index (χ2v) is 4.79. The van der Waals surface area contributed by atoms with Crippen molar-refractivity contribution in [3.63, 3.8) is 0 Å². The van der Waals surface area contributed by atoms with E-state index in [1.807, 2.05) is 6.07 Å². The van der Waals surface area contributed by atoms with E-state index in [0.717, 1.165) is 11.1 Å². The van der Waals surface area contributed by atoms with Crippen LogP contribution in [0.1, 0.15) is 35.9 Å². The van der Waals surface area contributed by atoms with E-state index >= 15 is 0 Å². The molecule has 2 atom stereocenters. The summed E-state index contributed by atoms with van der Waals surface area (Å²) >= 11 is 0. The number of carboxylic acids is 1. The van der Waals surface area contributed by atoms with Gasteiger partial charge in [0.2, 0.25) is 0 Å². The number of hydrogen-bond donors (Lipinski definition) is 2. The van der Waals surface area contributed by atoms with Crippen LogP contribution in [0.3, 0.4) is 0 Å². The van der Waals surface area contributed by atoms with E-state index in [9.17, 15) is 9.59 Å². The molecule has 0 aliphatic carbocycles. The van der Waals surface area contributed by atoms with Gasteiger partial charge in [0.15, 0.2) is 0 Å². The zero-order chi connectivity index (χ0) is 14.7. The van der Waals surface area contributed by atoms with E-state index in [1.54, 1.807) is 12.1 Å². The van der Waals surface area contributed by atoms with Crippen LogP contribution in [0.4, 0.5) is 0 Å². The Morgan fingerprint density at radius 2 is 2.30 bits per heavy atom. The Bertz CT molecular complexity index is 528. The van der Waals surface area contributed by atoms with E-state index in [0.29, 0.717) is 12.4 Å². The first kappa shape index (κ1) is 14.3. The van der Waals surface area contributed by atoms with Gasteiger partial charge in [0.25, 0.3) is 0 Å². The molecule has 0 bridgehead atoms. The molecule has 0 radical (unpaired) electrons. The van der Waals surface area contributed by atoms with Gasteiger partial charge in [-0.3, -0.25) is 9.59 Å². The summed E-state index contributed by atoms with van der Waals surface area (Å²) in [5.74, 6) is -0.731. The number of carbonyl (C=O) groups is 2. The molecule has 0 saturated carbocycles. The Morgan fingerprint density at radius 1 is 1.55 bits per heavy atom. The summed E-state index contributed by atoms with van der Waals surface area (Å²) in [4.78, 5) is 22.1. The number of esters is 1. The highest BCUT2D eigenvalue weighted by Crippen LogP contribution is 2.37. The number of rotatable bonds is 5. The van der Waals surface area contributed by atoms with Crippen LogP contribution in [0.2, 0.25) is 0 Å². The number of ether oxygens (including phenoxy) is 2. The van der Waals surface area contributed by atoms with Crippen LogP contribution in [0.15, 0.2) is 18.2 Å². The van der Waals surface area contributed by atoms with Gasteiger partial charge in [-0.2, -0.15) is 0 Å². The van der Waals surface area contributed by atoms with Crippen molar-refractivity contribution in [2.24, 2.45) is 5.73 Å². The molecule has 1 aliphatic rings. The Hall–Kier alpha value is -2.08. The Kier molecular flexibility index (Phi) is 4.24. The minimum Gasteiger partial charge on any atom is -0.493 e. The van der Waals surface area contributed by atoms with Gasteiger partial charge in [-0.25, -0.2) is 0 Å². The lowest BCUT2D eigenvalue weighted by atomic mass is 9.94. The summed E-state index contributed by atoms with van der Waals surface area (Å²) in [6.07, 6.45) is 0.0996. The SMILES string of the molecule is COC(=O)CC(N)c1ccc2c(c1)C(CC(=O)O)CO2. The van der Waals surface area contributed by atoms with E-state index in [2.05, 4.69) is 4.74 Å². The fourth-order valence-electron chi connectivity index (χ4n) is 2.29. The van der Waals surface area contributed by atoms with Crippen molar-refractivity contribution >= 4 is 11.9 Å². The minimum atomic E-state index is -0.865. The van der Waals surface area contributed by atoms with Crippen LogP contribution >= 0.6 is 0 Å². The fraction of sp³-hybridized carbons (Fsp3) is 0.429. The maximum atomic E-state index is 11.2. The van der Waals surface area contributed by atoms with Crippen LogP contribution in [0, 0.1) is 0 Å². The van der Waals surface area contributed by atoms with Crippen molar-refractivity contribution < 1.29 is 24.2 Å². The molecule has 6 nitrogen and oxygen atoms in total. The van der Waals surface area contributed by atoms with Gasteiger partial charge >= 0.3 is 11.9 Å². The molecule has 108 valence electrons. The molecule has 1 aromatic rings. The molecule has 6 heteroatoms. The zero-order valence-corrected chi connectivity index (χ0v) is 11.2. The van der Waals surface area contributed by atoms with Crippen LogP contribution < -0.4 is 10.5 Å². The Morgan fingerprint density at radius 3 is 2.95 bits per heavy atom. The maximum absolute atomic E-state index is 11.2. The molecule has 0 aromatic heterocycles. The molecule has 0 spiro atoms. The summed E-state index contributed by atoms with van der Waals surface area (Å²) in [6.45, 7) is 0.358. The molecule has 0 fully saturated rings. The number of fused-ring (bicyclic) bond motifs is 1. The predicted octanol–water partition coefficient (Wildman–Crippen LogP) is 1.20. The third kappa shape index (κ3) is 3.08. The van der Waals surface area contributed by atoms with Crippen molar-refractivity contribution in [2.75, 3.05) is 13.7 Å². The number of benzene rings is 1. The van der Waals surface area contributed by atoms with Gasteiger partial charge in [0.1, 0.15) is 5.75 Å². The molecule has 0 amide bonds. The van der Waals surface area contributed by atoms with Gasteiger partial charge in [0, 0.05) is 17.5 Å². The fourth-order valence-corrected chi connectivity index (χ4v) is 2.29. The van der Waals surface area contributed by atoms with Crippen molar-refractivity contribution in [1.29, 1.82) is 0 Å². The third-order valence-corrected chi connectivity index (χ3v) is 3.38. The first-order valence-electron chi connectivity index (χ1n) is 6.32. The topological polar surface area (TPSA) is 98.9 Å². The number of methoxy groups -OCH3 is 1. The second kappa shape index (κ2) is 5.92. The molecule has 1 heterocycles. The summed E-state index contributed by atoms with van der Waals surface area (Å²) < 4.78 is 10.0. The van der Waals surface area contributed by atoms with Gasteiger partial charge in [-0.15, -0.1) is 0 Å². The summed E-state index contributed by atoms with van der Waals surface area (Å²) in [5, 5.41) is 8.89. The van der Waals surface area contributed by atoms with E-state index in [1.165, 1.54) is 7.11 Å². The highest BCUT2D eigenvalue weighted by Gasteiger charge is 2.27. The standard InChI is InChI=1S/C14H17NO5/c1-19-14(18)6-11(15)8-2-3-12-10(4-8)9(7-20-12)5-13(16)17/h2-4,9,11H,5-7,15H2,1H3,(H,16,17). The molecular weight excluding hydrogens is 262 g/mol. The Labute approximate surface area is 116 Å². The molecule has 0 saturated heterocycles. The largest absolute Gasteiger partial charge is 0.493 e. The molecule has 2 rings (SSSR count). The van der Waals surface area contributed by atoms with Gasteiger partial charge in [0.05, 0.1) is 26.6 Å². The summed E-state index contributed by atoms with van der Waals surface area (Å²) in [7, 11) is 1.31. The zero-order valence-electron chi connectivity index (χ0n) is 11.2. The van der Waals surface area contributed by atoms with Crippen molar-refractivity contribution in [2.45, 2.75) is 24.8 Å². The van der Waals surface area contributed by atoms with Crippen LogP contribution in [0.25, 0.3) is 0 Å². The van der Waals surface area contributed by atoms with Crippen LogP contribution in [-0.2, 0) is 14.3 Å².